The Morgan fingerprint density at radius 3 is 2.68 bits per heavy atom. The third-order valence-electron chi connectivity index (χ3n) is 5.73. The third kappa shape index (κ3) is 6.08. The molecule has 8 nitrogen and oxygen atoms in total. The predicted octanol–water partition coefficient (Wildman–Crippen LogP) is 3.53. The largest absolute Gasteiger partial charge is 0.530 e. The first-order chi connectivity index (χ1) is 16.5. The minimum atomic E-state index is -1.24. The molecule has 1 amide bonds. The van der Waals surface area contributed by atoms with Crippen molar-refractivity contribution in [1.82, 2.24) is 9.55 Å². The van der Waals surface area contributed by atoms with Gasteiger partial charge in [-0.05, 0) is 55.3 Å². The molecule has 1 aromatic heterocycles. The summed E-state index contributed by atoms with van der Waals surface area (Å²) in [5.41, 5.74) is 1.69. The zero-order valence-corrected chi connectivity index (χ0v) is 19.7. The second-order valence-electron chi connectivity index (χ2n) is 8.14. The van der Waals surface area contributed by atoms with Crippen LogP contribution in [0.1, 0.15) is 18.9 Å². The fraction of sp³-hybridized carbons (Fsp3) is 0.360. The van der Waals surface area contributed by atoms with Crippen LogP contribution in [0.2, 0.25) is 5.02 Å². The van der Waals surface area contributed by atoms with Crippen LogP contribution in [0.25, 0.3) is 0 Å². The number of amides is 1. The lowest BCUT2D eigenvalue weighted by molar-refractivity contribution is -0.246. The van der Waals surface area contributed by atoms with Crippen molar-refractivity contribution in [3.05, 3.63) is 77.8 Å². The summed E-state index contributed by atoms with van der Waals surface area (Å²) in [6, 6.07) is 14.6. The van der Waals surface area contributed by atoms with E-state index >= 15 is 0 Å². The Balaban J connectivity index is 1.37. The molecule has 3 aromatic rings. The molecule has 34 heavy (non-hydrogen) atoms. The maximum atomic E-state index is 11.2. The average molecular weight is 485 g/mol. The van der Waals surface area contributed by atoms with Crippen molar-refractivity contribution in [2.75, 3.05) is 24.7 Å². The normalized spacial score (nSPS) is 19.8. The van der Waals surface area contributed by atoms with Crippen LogP contribution in [0.3, 0.4) is 0 Å². The van der Waals surface area contributed by atoms with E-state index in [1.54, 1.807) is 43.7 Å². The van der Waals surface area contributed by atoms with Crippen molar-refractivity contribution in [2.24, 2.45) is 0 Å². The molecule has 2 atom stereocenters. The number of halogens is 1. The van der Waals surface area contributed by atoms with Crippen LogP contribution in [0, 0.1) is 0 Å². The lowest BCUT2D eigenvalue weighted by Gasteiger charge is -2.28. The van der Waals surface area contributed by atoms with E-state index in [-0.39, 0.29) is 6.10 Å². The van der Waals surface area contributed by atoms with Crippen molar-refractivity contribution < 1.29 is 24.1 Å². The highest BCUT2D eigenvalue weighted by Crippen LogP contribution is 2.31. The number of anilines is 1. The molecule has 1 saturated heterocycles. The maximum absolute atomic E-state index is 11.2. The van der Waals surface area contributed by atoms with Crippen LogP contribution in [-0.2, 0) is 22.4 Å². The first kappa shape index (κ1) is 24.1. The highest BCUT2D eigenvalue weighted by Gasteiger charge is 2.42. The second kappa shape index (κ2) is 10.9. The number of carboxylic acid groups (broad SMARTS) is 1. The minimum absolute atomic E-state index is 0.247. The van der Waals surface area contributed by atoms with Crippen molar-refractivity contribution in [1.29, 1.82) is 0 Å². The molecule has 0 N–H and O–H groups in total. The predicted molar refractivity (Wildman–Crippen MR) is 126 cm³/mol. The van der Waals surface area contributed by atoms with Gasteiger partial charge in [-0.1, -0.05) is 23.7 Å². The topological polar surface area (TPSA) is 88.9 Å². The minimum Gasteiger partial charge on any atom is -0.530 e. The number of aryl methyl sites for hydroxylation is 1. The molecule has 4 rings (SSSR count). The standard InChI is InChI=1S/C25H28ClN3O5/c1-2-29(24(30)31)21-7-9-22(10-8-21)32-15-23-16-33-25(34-23,17-28-14-13-27-18-28)12-11-19-3-5-20(26)6-4-19/h3-10,13-14,18,23H,2,11-12,15-17H2,1H3,(H,30,31)/p-1/t23-,25+/m0/s1. The molecule has 1 aliphatic heterocycles. The van der Waals surface area contributed by atoms with Gasteiger partial charge in [0.05, 0.1) is 19.5 Å². The molecule has 1 fully saturated rings. The fourth-order valence-electron chi connectivity index (χ4n) is 3.96. The molecule has 0 saturated carbocycles. The molecule has 9 heteroatoms. The maximum Gasteiger partial charge on any atom is 0.187 e. The van der Waals surface area contributed by atoms with Gasteiger partial charge in [0.15, 0.2) is 5.79 Å². The molecule has 2 heterocycles. The van der Waals surface area contributed by atoms with Crippen molar-refractivity contribution in [3.8, 4) is 5.75 Å². The number of ether oxygens (including phenoxy) is 3. The van der Waals surface area contributed by atoms with Gasteiger partial charge in [-0.15, -0.1) is 0 Å². The summed E-state index contributed by atoms with van der Waals surface area (Å²) in [5.74, 6) is -0.177. The van der Waals surface area contributed by atoms with Gasteiger partial charge in [-0.2, -0.15) is 0 Å². The Kier molecular flexibility index (Phi) is 7.72. The number of hydrogen-bond donors (Lipinski definition) is 0. The van der Waals surface area contributed by atoms with Gasteiger partial charge in [0.1, 0.15) is 24.6 Å². The summed E-state index contributed by atoms with van der Waals surface area (Å²) < 4.78 is 20.4. The zero-order valence-electron chi connectivity index (χ0n) is 18.9. The van der Waals surface area contributed by atoms with E-state index in [2.05, 4.69) is 4.98 Å². The number of hydrogen-bond acceptors (Lipinski definition) is 6. The van der Waals surface area contributed by atoms with Crippen molar-refractivity contribution in [2.45, 2.75) is 38.2 Å². The van der Waals surface area contributed by atoms with Gasteiger partial charge >= 0.3 is 0 Å². The number of nitrogens with zero attached hydrogens (tertiary/aromatic N) is 3. The molecular formula is C25H27ClN3O5-. The van der Waals surface area contributed by atoms with Crippen molar-refractivity contribution in [3.63, 3.8) is 0 Å². The van der Waals surface area contributed by atoms with E-state index in [9.17, 15) is 9.90 Å². The van der Waals surface area contributed by atoms with E-state index in [4.69, 9.17) is 25.8 Å². The summed E-state index contributed by atoms with van der Waals surface area (Å²) in [5, 5.41) is 11.9. The molecular weight excluding hydrogens is 458 g/mol. The molecule has 1 aliphatic rings. The van der Waals surface area contributed by atoms with Gasteiger partial charge in [0.2, 0.25) is 0 Å². The number of aromatic nitrogens is 2. The number of benzene rings is 2. The highest BCUT2D eigenvalue weighted by molar-refractivity contribution is 6.30. The summed E-state index contributed by atoms with van der Waals surface area (Å²) in [6.45, 7) is 3.29. The van der Waals surface area contributed by atoms with Gasteiger partial charge in [-0.25, -0.2) is 4.98 Å². The summed E-state index contributed by atoms with van der Waals surface area (Å²) in [6.07, 6.45) is 5.31. The van der Waals surface area contributed by atoms with Crippen LogP contribution in [0.5, 0.6) is 5.75 Å². The fourth-order valence-corrected chi connectivity index (χ4v) is 4.09. The number of rotatable bonds is 10. The lowest BCUT2D eigenvalue weighted by atomic mass is 10.0. The van der Waals surface area contributed by atoms with Gasteiger partial charge in [-0.3, -0.25) is 0 Å². The Morgan fingerprint density at radius 2 is 2.03 bits per heavy atom. The third-order valence-corrected chi connectivity index (χ3v) is 5.98. The van der Waals surface area contributed by atoms with E-state index in [1.807, 2.05) is 35.0 Å². The Hall–Kier alpha value is -3.07. The van der Waals surface area contributed by atoms with E-state index in [1.165, 1.54) is 0 Å². The van der Waals surface area contributed by atoms with Crippen LogP contribution >= 0.6 is 11.6 Å². The number of carbonyl (C=O) groups is 1. The van der Waals surface area contributed by atoms with Crippen LogP contribution < -0.4 is 14.7 Å². The second-order valence-corrected chi connectivity index (χ2v) is 8.57. The van der Waals surface area contributed by atoms with Crippen LogP contribution in [0.15, 0.2) is 67.3 Å². The number of carbonyl (C=O) groups excluding carboxylic acids is 1. The van der Waals surface area contributed by atoms with Crippen molar-refractivity contribution >= 4 is 23.4 Å². The molecule has 0 spiro atoms. The molecule has 0 unspecified atom stereocenters. The average Bonchev–Trinajstić information content (AvgIpc) is 3.49. The van der Waals surface area contributed by atoms with E-state index in [0.717, 1.165) is 16.9 Å². The Labute approximate surface area is 203 Å². The molecule has 0 radical (unpaired) electrons. The summed E-state index contributed by atoms with van der Waals surface area (Å²) in [7, 11) is 0. The first-order valence-corrected chi connectivity index (χ1v) is 11.6. The van der Waals surface area contributed by atoms with Crippen LogP contribution in [-0.4, -0.2) is 47.3 Å². The number of imidazole rings is 1. The summed E-state index contributed by atoms with van der Waals surface area (Å²) in [4.78, 5) is 16.5. The highest BCUT2D eigenvalue weighted by atomic mass is 35.5. The molecule has 180 valence electrons. The van der Waals surface area contributed by atoms with E-state index < -0.39 is 11.9 Å². The monoisotopic (exact) mass is 484 g/mol. The molecule has 0 aliphatic carbocycles. The SMILES string of the molecule is CCN(C(=O)[O-])c1ccc(OC[C@H]2CO[C@@](CCc3ccc(Cl)cc3)(Cn3ccnc3)O2)cc1. The smallest absolute Gasteiger partial charge is 0.187 e. The Bertz CT molecular complexity index is 1060. The molecule has 2 aromatic carbocycles. The Morgan fingerprint density at radius 1 is 1.26 bits per heavy atom. The quantitative estimate of drug-likeness (QED) is 0.437. The van der Waals surface area contributed by atoms with E-state index in [0.29, 0.717) is 49.2 Å². The van der Waals surface area contributed by atoms with Gasteiger partial charge in [0.25, 0.3) is 0 Å². The van der Waals surface area contributed by atoms with Crippen LogP contribution in [0.4, 0.5) is 10.5 Å². The van der Waals surface area contributed by atoms with Gasteiger partial charge < -0.3 is 33.6 Å². The van der Waals surface area contributed by atoms with Gasteiger partial charge in [0, 0.05) is 36.1 Å². The lowest BCUT2D eigenvalue weighted by Crippen LogP contribution is -2.41. The summed E-state index contributed by atoms with van der Waals surface area (Å²) >= 11 is 6.01. The molecule has 0 bridgehead atoms. The first-order valence-electron chi connectivity index (χ1n) is 11.2. The zero-order chi connectivity index (χ0) is 24.0.